The van der Waals surface area contributed by atoms with E-state index in [1.165, 1.54) is 0 Å². The number of amides is 2. The average Bonchev–Trinajstić information content (AvgIpc) is 3.14. The van der Waals surface area contributed by atoms with Crippen molar-refractivity contribution in [3.8, 4) is 11.5 Å². The first-order valence-electron chi connectivity index (χ1n) is 8.33. The number of carbonyl (C=O) groups excluding carboxylic acids is 1. The Hall–Kier alpha value is -2.45. The van der Waals surface area contributed by atoms with Crippen molar-refractivity contribution in [2.24, 2.45) is 0 Å². The summed E-state index contributed by atoms with van der Waals surface area (Å²) in [5, 5.41) is 13.6. The number of nitrogens with one attached hydrogen (secondary N) is 2. The van der Waals surface area contributed by atoms with E-state index in [0.29, 0.717) is 24.1 Å². The average molecular weight is 345 g/mol. The minimum atomic E-state index is -0.244. The summed E-state index contributed by atoms with van der Waals surface area (Å²) in [6.07, 6.45) is 0.0175. The van der Waals surface area contributed by atoms with Gasteiger partial charge >= 0.3 is 6.03 Å². The van der Waals surface area contributed by atoms with Crippen molar-refractivity contribution in [1.29, 1.82) is 0 Å². The first kappa shape index (κ1) is 17.4. The number of carbonyl (C=O) groups is 1. The Labute approximate surface area is 146 Å². The molecule has 2 amide bonds. The molecule has 0 saturated carbocycles. The van der Waals surface area contributed by atoms with E-state index in [-0.39, 0.29) is 18.2 Å². The Balaban J connectivity index is 1.57. The Bertz CT molecular complexity index is 715. The maximum absolute atomic E-state index is 12.2. The van der Waals surface area contributed by atoms with E-state index in [1.807, 2.05) is 26.1 Å². The van der Waals surface area contributed by atoms with E-state index in [9.17, 15) is 4.79 Å². The van der Waals surface area contributed by atoms with Crippen LogP contribution in [0.3, 0.4) is 0 Å². The predicted molar refractivity (Wildman–Crippen MR) is 93.3 cm³/mol. The van der Waals surface area contributed by atoms with Gasteiger partial charge in [-0.3, -0.25) is 0 Å². The lowest BCUT2D eigenvalue weighted by molar-refractivity contribution is 0.0568. The van der Waals surface area contributed by atoms with Crippen LogP contribution in [-0.4, -0.2) is 60.0 Å². The van der Waals surface area contributed by atoms with E-state index in [1.54, 1.807) is 19.1 Å². The summed E-state index contributed by atoms with van der Waals surface area (Å²) in [5.41, 5.74) is 1.50. The standard InChI is InChI=1S/C17H23N5O3/c1-4-24-15-10-22(3)9-14(15)19-17(23)18-13-7-5-12(6-8-13)16-21-20-11(2)25-16/h5-8,14-15H,4,9-10H2,1-3H3,(H2,18,19,23)/t14-,15-/m1/s1. The number of aromatic nitrogens is 2. The highest BCUT2D eigenvalue weighted by molar-refractivity contribution is 5.89. The van der Waals surface area contributed by atoms with Gasteiger partial charge in [0.1, 0.15) is 0 Å². The van der Waals surface area contributed by atoms with Crippen molar-refractivity contribution in [3.63, 3.8) is 0 Å². The molecule has 0 bridgehead atoms. The van der Waals surface area contributed by atoms with Crippen molar-refractivity contribution in [1.82, 2.24) is 20.4 Å². The van der Waals surface area contributed by atoms with Crippen LogP contribution in [0.5, 0.6) is 0 Å². The van der Waals surface area contributed by atoms with Crippen molar-refractivity contribution in [3.05, 3.63) is 30.2 Å². The highest BCUT2D eigenvalue weighted by Crippen LogP contribution is 2.20. The first-order chi connectivity index (χ1) is 12.0. The summed E-state index contributed by atoms with van der Waals surface area (Å²) in [6, 6.07) is 6.99. The Kier molecular flexibility index (Phi) is 5.30. The van der Waals surface area contributed by atoms with Gasteiger partial charge in [-0.15, -0.1) is 10.2 Å². The van der Waals surface area contributed by atoms with Gasteiger partial charge in [0, 0.05) is 37.9 Å². The third kappa shape index (κ3) is 4.34. The maximum Gasteiger partial charge on any atom is 0.319 e. The fourth-order valence-corrected chi connectivity index (χ4v) is 2.93. The molecule has 2 atom stereocenters. The summed E-state index contributed by atoms with van der Waals surface area (Å²) >= 11 is 0. The number of ether oxygens (including phenoxy) is 1. The number of likely N-dealkylation sites (tertiary alicyclic amines) is 1. The predicted octanol–water partition coefficient (Wildman–Crippen LogP) is 1.89. The van der Waals surface area contributed by atoms with Gasteiger partial charge in [0.2, 0.25) is 11.8 Å². The summed E-state index contributed by atoms with van der Waals surface area (Å²) in [7, 11) is 2.02. The molecule has 2 N–H and O–H groups in total. The van der Waals surface area contributed by atoms with E-state index >= 15 is 0 Å². The molecule has 134 valence electrons. The van der Waals surface area contributed by atoms with Gasteiger partial charge in [0.25, 0.3) is 0 Å². The summed E-state index contributed by atoms with van der Waals surface area (Å²) in [6.45, 7) is 5.92. The smallest absolute Gasteiger partial charge is 0.319 e. The van der Waals surface area contributed by atoms with E-state index < -0.39 is 0 Å². The molecule has 0 spiro atoms. The third-order valence-electron chi connectivity index (χ3n) is 4.06. The zero-order valence-electron chi connectivity index (χ0n) is 14.7. The van der Waals surface area contributed by atoms with E-state index in [0.717, 1.165) is 18.7 Å². The topological polar surface area (TPSA) is 92.5 Å². The number of urea groups is 1. The molecule has 1 aromatic carbocycles. The molecule has 0 radical (unpaired) electrons. The van der Waals surface area contributed by atoms with Crippen molar-refractivity contribution < 1.29 is 13.9 Å². The SMILES string of the molecule is CCO[C@@H]1CN(C)C[C@H]1NC(=O)Nc1ccc(-c2nnc(C)o2)cc1. The van der Waals surface area contributed by atoms with Crippen LogP contribution in [0.25, 0.3) is 11.5 Å². The molecule has 3 rings (SSSR count). The number of hydrogen-bond donors (Lipinski definition) is 2. The number of rotatable bonds is 5. The van der Waals surface area contributed by atoms with Crippen molar-refractivity contribution in [2.75, 3.05) is 32.1 Å². The van der Waals surface area contributed by atoms with Gasteiger partial charge in [-0.05, 0) is 38.2 Å². The zero-order chi connectivity index (χ0) is 17.8. The molecule has 1 aromatic heterocycles. The van der Waals surface area contributed by atoms with Gasteiger partial charge in [0.15, 0.2) is 0 Å². The van der Waals surface area contributed by atoms with Gasteiger partial charge in [-0.1, -0.05) is 0 Å². The highest BCUT2D eigenvalue weighted by atomic mass is 16.5. The van der Waals surface area contributed by atoms with Crippen LogP contribution in [-0.2, 0) is 4.74 Å². The number of likely N-dealkylation sites (N-methyl/N-ethyl adjacent to an activating group) is 1. The first-order valence-corrected chi connectivity index (χ1v) is 8.33. The second-order valence-corrected chi connectivity index (χ2v) is 6.12. The molecular weight excluding hydrogens is 322 g/mol. The van der Waals surface area contributed by atoms with E-state index in [4.69, 9.17) is 9.15 Å². The normalized spacial score (nSPS) is 20.6. The molecule has 1 aliphatic heterocycles. The monoisotopic (exact) mass is 345 g/mol. The van der Waals surface area contributed by atoms with Gasteiger partial charge in [0.05, 0.1) is 12.1 Å². The van der Waals surface area contributed by atoms with Crippen LogP contribution >= 0.6 is 0 Å². The summed E-state index contributed by atoms with van der Waals surface area (Å²) < 4.78 is 11.1. The molecular formula is C17H23N5O3. The van der Waals surface area contributed by atoms with Crippen LogP contribution in [0, 0.1) is 6.92 Å². The lowest BCUT2D eigenvalue weighted by Gasteiger charge is -2.20. The molecule has 2 heterocycles. The fourth-order valence-electron chi connectivity index (χ4n) is 2.93. The van der Waals surface area contributed by atoms with Crippen LogP contribution in [0.4, 0.5) is 10.5 Å². The summed E-state index contributed by atoms with van der Waals surface area (Å²) in [5.74, 6) is 0.976. The lowest BCUT2D eigenvalue weighted by Crippen LogP contribution is -2.45. The molecule has 1 saturated heterocycles. The molecule has 1 aliphatic rings. The number of aryl methyl sites for hydroxylation is 1. The molecule has 8 heteroatoms. The van der Waals surface area contributed by atoms with E-state index in [2.05, 4.69) is 25.7 Å². The number of hydrogen-bond acceptors (Lipinski definition) is 6. The Morgan fingerprint density at radius 2 is 2.08 bits per heavy atom. The zero-order valence-corrected chi connectivity index (χ0v) is 14.7. The van der Waals surface area contributed by atoms with Gasteiger partial charge < -0.3 is 24.7 Å². The molecule has 0 aliphatic carbocycles. The largest absolute Gasteiger partial charge is 0.421 e. The van der Waals surface area contributed by atoms with Crippen molar-refractivity contribution in [2.45, 2.75) is 26.0 Å². The quantitative estimate of drug-likeness (QED) is 0.860. The Morgan fingerprint density at radius 3 is 2.72 bits per heavy atom. The number of anilines is 1. The number of benzene rings is 1. The van der Waals surface area contributed by atoms with Gasteiger partial charge in [-0.25, -0.2) is 4.79 Å². The molecule has 2 aromatic rings. The lowest BCUT2D eigenvalue weighted by atomic mass is 10.2. The molecule has 1 fully saturated rings. The van der Waals surface area contributed by atoms with Crippen LogP contribution in [0.15, 0.2) is 28.7 Å². The van der Waals surface area contributed by atoms with Crippen LogP contribution in [0.1, 0.15) is 12.8 Å². The molecule has 25 heavy (non-hydrogen) atoms. The second kappa shape index (κ2) is 7.62. The maximum atomic E-state index is 12.2. The number of nitrogens with zero attached hydrogens (tertiary/aromatic N) is 3. The minimum Gasteiger partial charge on any atom is -0.421 e. The Morgan fingerprint density at radius 1 is 1.32 bits per heavy atom. The van der Waals surface area contributed by atoms with Crippen molar-refractivity contribution >= 4 is 11.7 Å². The second-order valence-electron chi connectivity index (χ2n) is 6.12. The van der Waals surface area contributed by atoms with Crippen LogP contribution in [0.2, 0.25) is 0 Å². The molecule has 8 nitrogen and oxygen atoms in total. The molecule has 0 unspecified atom stereocenters. The fraction of sp³-hybridized carbons (Fsp3) is 0.471. The third-order valence-corrected chi connectivity index (χ3v) is 4.06. The highest BCUT2D eigenvalue weighted by Gasteiger charge is 2.32. The minimum absolute atomic E-state index is 0.0175. The van der Waals surface area contributed by atoms with Gasteiger partial charge in [-0.2, -0.15) is 0 Å². The summed E-state index contributed by atoms with van der Waals surface area (Å²) in [4.78, 5) is 14.4. The van der Waals surface area contributed by atoms with Crippen LogP contribution < -0.4 is 10.6 Å².